The van der Waals surface area contributed by atoms with E-state index in [1.165, 1.54) is 0 Å². The standard InChI is InChI=1S/C4H6NO3/c1-3-2-5(7)4(6)8-3/h3H,2H2,1H3/q-1. The Morgan fingerprint density at radius 2 is 2.62 bits per heavy atom. The lowest BCUT2D eigenvalue weighted by Crippen LogP contribution is -2.15. The van der Waals surface area contributed by atoms with Crippen LogP contribution in [0.2, 0.25) is 0 Å². The second-order valence-corrected chi connectivity index (χ2v) is 1.76. The van der Waals surface area contributed by atoms with Crippen molar-refractivity contribution in [3.05, 3.63) is 5.21 Å². The van der Waals surface area contributed by atoms with Crippen molar-refractivity contribution in [3.8, 4) is 0 Å². The first kappa shape index (κ1) is 5.37. The number of ether oxygens (including phenoxy) is 1. The molecule has 1 rings (SSSR count). The summed E-state index contributed by atoms with van der Waals surface area (Å²) in [7, 11) is 0. The molecule has 1 fully saturated rings. The molecule has 0 N–H and O–H groups in total. The molecule has 0 aliphatic carbocycles. The van der Waals surface area contributed by atoms with Gasteiger partial charge in [0.15, 0.2) is 0 Å². The summed E-state index contributed by atoms with van der Waals surface area (Å²) in [5.74, 6) is 0. The molecule has 0 radical (unpaired) electrons. The molecule has 46 valence electrons. The Labute approximate surface area is 46.6 Å². The van der Waals surface area contributed by atoms with E-state index < -0.39 is 6.09 Å². The number of hydrogen-bond donors (Lipinski definition) is 0. The predicted octanol–water partition coefficient (Wildman–Crippen LogP) is 0.325. The third kappa shape index (κ3) is 0.742. The smallest absolute Gasteiger partial charge is 0.399 e. The average Bonchev–Trinajstić information content (AvgIpc) is 1.85. The van der Waals surface area contributed by atoms with Crippen LogP contribution < -0.4 is 0 Å². The summed E-state index contributed by atoms with van der Waals surface area (Å²) in [5, 5.41) is 10.5. The lowest BCUT2D eigenvalue weighted by atomic mass is 10.4. The van der Waals surface area contributed by atoms with E-state index in [-0.39, 0.29) is 12.6 Å². The second kappa shape index (κ2) is 1.63. The molecule has 1 saturated heterocycles. The number of amides is 1. The lowest BCUT2D eigenvalue weighted by molar-refractivity contribution is 0.142. The first-order valence-corrected chi connectivity index (χ1v) is 2.35. The number of rotatable bonds is 0. The van der Waals surface area contributed by atoms with Gasteiger partial charge in [0, 0.05) is 6.54 Å². The fraction of sp³-hybridized carbons (Fsp3) is 0.750. The van der Waals surface area contributed by atoms with Gasteiger partial charge in [-0.1, -0.05) is 0 Å². The molecule has 4 nitrogen and oxygen atoms in total. The van der Waals surface area contributed by atoms with E-state index in [2.05, 4.69) is 4.74 Å². The van der Waals surface area contributed by atoms with E-state index in [1.54, 1.807) is 6.92 Å². The number of hydroxylamine groups is 2. The molecule has 0 aromatic carbocycles. The number of hydrogen-bond acceptors (Lipinski definition) is 3. The highest BCUT2D eigenvalue weighted by Crippen LogP contribution is 2.07. The van der Waals surface area contributed by atoms with E-state index in [0.717, 1.165) is 0 Å². The zero-order valence-corrected chi connectivity index (χ0v) is 4.46. The Morgan fingerprint density at radius 1 is 2.00 bits per heavy atom. The van der Waals surface area contributed by atoms with Crippen molar-refractivity contribution >= 4 is 6.09 Å². The molecule has 0 bridgehead atoms. The SMILES string of the molecule is CC1CN([O-])C(=O)O1. The summed E-state index contributed by atoms with van der Waals surface area (Å²) in [6, 6.07) is 0. The van der Waals surface area contributed by atoms with Crippen LogP contribution in [0.15, 0.2) is 0 Å². The largest absolute Gasteiger partial charge is 0.754 e. The van der Waals surface area contributed by atoms with Gasteiger partial charge in [-0.3, -0.25) is 0 Å². The van der Waals surface area contributed by atoms with Gasteiger partial charge >= 0.3 is 6.09 Å². The summed E-state index contributed by atoms with van der Waals surface area (Å²) in [4.78, 5) is 10.2. The van der Waals surface area contributed by atoms with Crippen LogP contribution in [0.3, 0.4) is 0 Å². The van der Waals surface area contributed by atoms with Gasteiger partial charge < -0.3 is 15.0 Å². The normalized spacial score (nSPS) is 28.5. The Morgan fingerprint density at radius 3 is 2.75 bits per heavy atom. The topological polar surface area (TPSA) is 52.6 Å². The van der Waals surface area contributed by atoms with E-state index >= 15 is 0 Å². The minimum atomic E-state index is -0.766. The fourth-order valence-electron chi connectivity index (χ4n) is 0.576. The molecular formula is C4H6NO3-. The first-order chi connectivity index (χ1) is 3.70. The molecule has 8 heavy (non-hydrogen) atoms. The van der Waals surface area contributed by atoms with Crippen LogP contribution in [-0.4, -0.2) is 23.8 Å². The summed E-state index contributed by atoms with van der Waals surface area (Å²) in [6.45, 7) is 1.84. The average molecular weight is 116 g/mol. The van der Waals surface area contributed by atoms with Crippen molar-refractivity contribution in [3.63, 3.8) is 0 Å². The highest BCUT2D eigenvalue weighted by Gasteiger charge is 2.19. The monoisotopic (exact) mass is 116 g/mol. The van der Waals surface area contributed by atoms with E-state index in [0.29, 0.717) is 5.06 Å². The zero-order valence-electron chi connectivity index (χ0n) is 4.46. The zero-order chi connectivity index (χ0) is 6.15. The minimum Gasteiger partial charge on any atom is -0.754 e. The highest BCUT2D eigenvalue weighted by atomic mass is 16.7. The van der Waals surface area contributed by atoms with Gasteiger partial charge in [0.05, 0.1) is 0 Å². The van der Waals surface area contributed by atoms with Crippen LogP contribution >= 0.6 is 0 Å². The summed E-state index contributed by atoms with van der Waals surface area (Å²) in [6.07, 6.45) is -1.00. The summed E-state index contributed by atoms with van der Waals surface area (Å²) < 4.78 is 4.45. The van der Waals surface area contributed by atoms with Gasteiger partial charge in [0.2, 0.25) is 0 Å². The number of cyclic esters (lactones) is 1. The third-order valence-corrected chi connectivity index (χ3v) is 0.929. The van der Waals surface area contributed by atoms with Gasteiger partial charge in [-0.25, -0.2) is 4.79 Å². The molecule has 1 heterocycles. The fourth-order valence-corrected chi connectivity index (χ4v) is 0.576. The van der Waals surface area contributed by atoms with Crippen LogP contribution in [-0.2, 0) is 4.74 Å². The predicted molar refractivity (Wildman–Crippen MR) is 26.0 cm³/mol. The van der Waals surface area contributed by atoms with Crippen molar-refractivity contribution in [2.45, 2.75) is 13.0 Å². The molecule has 1 aliphatic heterocycles. The molecule has 1 amide bonds. The van der Waals surface area contributed by atoms with Crippen molar-refractivity contribution < 1.29 is 9.53 Å². The number of nitrogens with zero attached hydrogens (tertiary/aromatic N) is 1. The molecule has 4 heteroatoms. The van der Waals surface area contributed by atoms with Crippen LogP contribution in [0.25, 0.3) is 0 Å². The Hall–Kier alpha value is -0.770. The lowest BCUT2D eigenvalue weighted by Gasteiger charge is -2.15. The molecule has 1 atom stereocenters. The maximum absolute atomic E-state index is 10.2. The van der Waals surface area contributed by atoms with Crippen LogP contribution in [0.1, 0.15) is 6.92 Å². The Bertz CT molecular complexity index is 114. The molecule has 0 saturated carbocycles. The van der Waals surface area contributed by atoms with Crippen LogP contribution in [0, 0.1) is 5.21 Å². The molecule has 0 spiro atoms. The number of carbonyl (C=O) groups is 1. The molecule has 1 unspecified atom stereocenters. The maximum Gasteiger partial charge on any atom is 0.399 e. The highest BCUT2D eigenvalue weighted by molar-refractivity contribution is 5.70. The molecule has 0 aromatic heterocycles. The van der Waals surface area contributed by atoms with E-state index in [1.807, 2.05) is 0 Å². The Balaban J connectivity index is 2.51. The minimum absolute atomic E-state index is 0.166. The Kier molecular flexibility index (Phi) is 1.09. The van der Waals surface area contributed by atoms with Gasteiger partial charge in [-0.05, 0) is 6.92 Å². The number of carbonyl (C=O) groups excluding carboxylic acids is 1. The maximum atomic E-state index is 10.2. The quantitative estimate of drug-likeness (QED) is 0.458. The summed E-state index contributed by atoms with van der Waals surface area (Å²) in [5.41, 5.74) is 0. The molecule has 0 aromatic rings. The molecular weight excluding hydrogens is 110 g/mol. The van der Waals surface area contributed by atoms with Gasteiger partial charge in [-0.2, -0.15) is 0 Å². The summed E-state index contributed by atoms with van der Waals surface area (Å²) >= 11 is 0. The van der Waals surface area contributed by atoms with E-state index in [9.17, 15) is 10.0 Å². The first-order valence-electron chi connectivity index (χ1n) is 2.35. The van der Waals surface area contributed by atoms with Gasteiger partial charge in [0.1, 0.15) is 6.10 Å². The van der Waals surface area contributed by atoms with Gasteiger partial charge in [0.25, 0.3) is 0 Å². The van der Waals surface area contributed by atoms with Crippen molar-refractivity contribution in [2.75, 3.05) is 6.54 Å². The second-order valence-electron chi connectivity index (χ2n) is 1.76. The van der Waals surface area contributed by atoms with Crippen molar-refractivity contribution in [2.24, 2.45) is 0 Å². The van der Waals surface area contributed by atoms with E-state index in [4.69, 9.17) is 0 Å². The van der Waals surface area contributed by atoms with Gasteiger partial charge in [-0.15, -0.1) is 0 Å². The molecule has 1 aliphatic rings. The van der Waals surface area contributed by atoms with Crippen molar-refractivity contribution in [1.29, 1.82) is 0 Å². The van der Waals surface area contributed by atoms with Crippen LogP contribution in [0.5, 0.6) is 0 Å². The van der Waals surface area contributed by atoms with Crippen LogP contribution in [0.4, 0.5) is 4.79 Å². The van der Waals surface area contributed by atoms with Crippen molar-refractivity contribution in [1.82, 2.24) is 5.06 Å². The third-order valence-electron chi connectivity index (χ3n) is 0.929.